The molecule has 0 fully saturated rings. The number of fused-ring (bicyclic) bond motifs is 1. The molecule has 1 aromatic heterocycles. The molecule has 1 aromatic carbocycles. The minimum atomic E-state index is -0.703. The third kappa shape index (κ3) is 3.62. The first-order chi connectivity index (χ1) is 9.78. The highest BCUT2D eigenvalue weighted by Crippen LogP contribution is 2.17. The lowest BCUT2D eigenvalue weighted by atomic mass is 10.1. The van der Waals surface area contributed by atoms with Gasteiger partial charge in [-0.15, -0.1) is 0 Å². The molecular weight excluding hydrogens is 268 g/mol. The Morgan fingerprint density at radius 1 is 1.24 bits per heavy atom. The van der Waals surface area contributed by atoms with E-state index < -0.39 is 17.6 Å². The molecule has 2 N–H and O–H groups in total. The molecule has 5 nitrogen and oxygen atoms in total. The van der Waals surface area contributed by atoms with Crippen LogP contribution in [-0.4, -0.2) is 28.5 Å². The molecule has 0 radical (unpaired) electrons. The van der Waals surface area contributed by atoms with Crippen molar-refractivity contribution in [1.29, 1.82) is 0 Å². The first-order valence-electron chi connectivity index (χ1n) is 6.88. The minimum absolute atomic E-state index is 0.293. The van der Waals surface area contributed by atoms with Gasteiger partial charge < -0.3 is 15.0 Å². The molecule has 1 heterocycles. The summed E-state index contributed by atoms with van der Waals surface area (Å²) < 4.78 is 5.25. The first-order valence-corrected chi connectivity index (χ1v) is 6.88. The smallest absolute Gasteiger partial charge is 0.328 e. The van der Waals surface area contributed by atoms with Gasteiger partial charge in [0, 0.05) is 22.7 Å². The highest BCUT2D eigenvalue weighted by molar-refractivity contribution is 6.07. The van der Waals surface area contributed by atoms with E-state index in [1.54, 1.807) is 46.0 Å². The van der Waals surface area contributed by atoms with E-state index in [9.17, 15) is 9.59 Å². The molecule has 112 valence electrons. The maximum absolute atomic E-state index is 12.3. The van der Waals surface area contributed by atoms with Crippen molar-refractivity contribution in [2.75, 3.05) is 0 Å². The van der Waals surface area contributed by atoms with Crippen molar-refractivity contribution >= 4 is 22.8 Å². The Bertz CT molecular complexity index is 667. The van der Waals surface area contributed by atoms with Gasteiger partial charge in [0.15, 0.2) is 0 Å². The highest BCUT2D eigenvalue weighted by atomic mass is 16.6. The van der Waals surface area contributed by atoms with Crippen molar-refractivity contribution < 1.29 is 14.3 Å². The maximum Gasteiger partial charge on any atom is 0.328 e. The van der Waals surface area contributed by atoms with Crippen LogP contribution in [0, 0.1) is 0 Å². The number of H-pyrrole nitrogens is 1. The number of rotatable bonds is 3. The van der Waals surface area contributed by atoms with Crippen molar-refractivity contribution in [2.45, 2.75) is 39.3 Å². The van der Waals surface area contributed by atoms with Gasteiger partial charge in [-0.3, -0.25) is 4.79 Å². The molecule has 0 saturated carbocycles. The minimum Gasteiger partial charge on any atom is -0.458 e. The third-order valence-corrected chi connectivity index (χ3v) is 2.95. The van der Waals surface area contributed by atoms with E-state index in [1.165, 1.54) is 0 Å². The fourth-order valence-electron chi connectivity index (χ4n) is 2.01. The van der Waals surface area contributed by atoms with Crippen LogP contribution in [0.15, 0.2) is 30.5 Å². The quantitative estimate of drug-likeness (QED) is 0.853. The Balaban J connectivity index is 2.11. The second-order valence-corrected chi connectivity index (χ2v) is 5.97. The summed E-state index contributed by atoms with van der Waals surface area (Å²) in [4.78, 5) is 27.3. The molecule has 0 aliphatic heterocycles. The van der Waals surface area contributed by atoms with Gasteiger partial charge in [0.2, 0.25) is 0 Å². The molecule has 2 rings (SSSR count). The van der Waals surface area contributed by atoms with Gasteiger partial charge in [-0.2, -0.15) is 0 Å². The zero-order chi connectivity index (χ0) is 15.6. The van der Waals surface area contributed by atoms with Crippen molar-refractivity contribution in [3.8, 4) is 0 Å². The Morgan fingerprint density at radius 2 is 1.95 bits per heavy atom. The predicted octanol–water partition coefficient (Wildman–Crippen LogP) is 2.63. The van der Waals surface area contributed by atoms with E-state index in [0.29, 0.717) is 5.56 Å². The van der Waals surface area contributed by atoms with Crippen LogP contribution in [0.5, 0.6) is 0 Å². The van der Waals surface area contributed by atoms with E-state index >= 15 is 0 Å². The van der Waals surface area contributed by atoms with Crippen molar-refractivity contribution in [2.24, 2.45) is 0 Å². The Labute approximate surface area is 123 Å². The number of amides is 1. The summed E-state index contributed by atoms with van der Waals surface area (Å²) in [5.41, 5.74) is 0.841. The summed E-state index contributed by atoms with van der Waals surface area (Å²) in [5.74, 6) is -0.740. The lowest BCUT2D eigenvalue weighted by Crippen LogP contribution is -2.42. The summed E-state index contributed by atoms with van der Waals surface area (Å²) in [6.45, 7) is 6.99. The average molecular weight is 288 g/mol. The summed E-state index contributed by atoms with van der Waals surface area (Å²) in [7, 11) is 0. The van der Waals surface area contributed by atoms with Crippen LogP contribution in [0.25, 0.3) is 10.9 Å². The van der Waals surface area contributed by atoms with Gasteiger partial charge in [-0.1, -0.05) is 6.07 Å². The molecule has 0 aliphatic rings. The van der Waals surface area contributed by atoms with Crippen LogP contribution in [0.3, 0.4) is 0 Å². The number of carbonyl (C=O) groups is 2. The number of esters is 1. The zero-order valence-corrected chi connectivity index (χ0v) is 12.7. The number of carbonyl (C=O) groups excluding carboxylic acids is 2. The third-order valence-electron chi connectivity index (χ3n) is 2.95. The molecular formula is C16H20N2O3. The number of ether oxygens (including phenoxy) is 1. The lowest BCUT2D eigenvalue weighted by molar-refractivity contribution is -0.156. The molecule has 2 aromatic rings. The van der Waals surface area contributed by atoms with Crippen molar-refractivity contribution in [3.63, 3.8) is 0 Å². The van der Waals surface area contributed by atoms with Crippen LogP contribution in [-0.2, 0) is 9.53 Å². The Hall–Kier alpha value is -2.30. The zero-order valence-electron chi connectivity index (χ0n) is 12.7. The van der Waals surface area contributed by atoms with Crippen LogP contribution in [0.2, 0.25) is 0 Å². The molecule has 1 amide bonds. The molecule has 0 aliphatic carbocycles. The Kier molecular flexibility index (Phi) is 4.02. The number of hydrogen-bond donors (Lipinski definition) is 2. The number of aromatic nitrogens is 1. The normalized spacial score (nSPS) is 13.0. The van der Waals surface area contributed by atoms with E-state index in [2.05, 4.69) is 10.3 Å². The van der Waals surface area contributed by atoms with Crippen LogP contribution in [0.1, 0.15) is 38.1 Å². The maximum atomic E-state index is 12.3. The average Bonchev–Trinajstić information content (AvgIpc) is 2.84. The number of aromatic amines is 1. The van der Waals surface area contributed by atoms with Crippen LogP contribution in [0.4, 0.5) is 0 Å². The molecule has 0 bridgehead atoms. The summed E-state index contributed by atoms with van der Waals surface area (Å²) >= 11 is 0. The SMILES string of the molecule is C[C@@H](NC(=O)c1cccc2[nH]ccc12)C(=O)OC(C)(C)C. The van der Waals surface area contributed by atoms with E-state index in [1.807, 2.05) is 12.1 Å². The van der Waals surface area contributed by atoms with Crippen LogP contribution < -0.4 is 5.32 Å². The number of nitrogens with one attached hydrogen (secondary N) is 2. The van der Waals surface area contributed by atoms with E-state index in [-0.39, 0.29) is 5.91 Å². The van der Waals surface area contributed by atoms with Crippen molar-refractivity contribution in [3.05, 3.63) is 36.0 Å². The summed E-state index contributed by atoms with van der Waals surface area (Å²) in [5, 5.41) is 3.50. The summed E-state index contributed by atoms with van der Waals surface area (Å²) in [6, 6.07) is 6.55. The second kappa shape index (κ2) is 5.60. The molecule has 21 heavy (non-hydrogen) atoms. The Morgan fingerprint density at radius 3 is 2.62 bits per heavy atom. The topological polar surface area (TPSA) is 71.2 Å². The fourth-order valence-corrected chi connectivity index (χ4v) is 2.01. The fraction of sp³-hybridized carbons (Fsp3) is 0.375. The van der Waals surface area contributed by atoms with Gasteiger partial charge in [0.25, 0.3) is 5.91 Å². The predicted molar refractivity (Wildman–Crippen MR) is 81.1 cm³/mol. The van der Waals surface area contributed by atoms with Gasteiger partial charge in [-0.05, 0) is 45.9 Å². The summed E-state index contributed by atoms with van der Waals surface area (Å²) in [6.07, 6.45) is 1.78. The van der Waals surface area contributed by atoms with Gasteiger partial charge in [0.05, 0.1) is 0 Å². The lowest BCUT2D eigenvalue weighted by Gasteiger charge is -2.22. The number of benzene rings is 1. The van der Waals surface area contributed by atoms with E-state index in [0.717, 1.165) is 10.9 Å². The molecule has 0 saturated heterocycles. The molecule has 1 atom stereocenters. The van der Waals surface area contributed by atoms with Gasteiger partial charge in [0.1, 0.15) is 11.6 Å². The monoisotopic (exact) mass is 288 g/mol. The van der Waals surface area contributed by atoms with Gasteiger partial charge in [-0.25, -0.2) is 4.79 Å². The van der Waals surface area contributed by atoms with Crippen LogP contribution >= 0.6 is 0 Å². The van der Waals surface area contributed by atoms with Gasteiger partial charge >= 0.3 is 5.97 Å². The molecule has 0 spiro atoms. The first kappa shape index (κ1) is 15.1. The second-order valence-electron chi connectivity index (χ2n) is 5.97. The van der Waals surface area contributed by atoms with Crippen molar-refractivity contribution in [1.82, 2.24) is 10.3 Å². The van der Waals surface area contributed by atoms with E-state index in [4.69, 9.17) is 4.74 Å². The highest BCUT2D eigenvalue weighted by Gasteiger charge is 2.23. The molecule has 0 unspecified atom stereocenters. The largest absolute Gasteiger partial charge is 0.458 e. The number of hydrogen-bond acceptors (Lipinski definition) is 3. The molecule has 5 heteroatoms. The standard InChI is InChI=1S/C16H20N2O3/c1-10(15(20)21-16(2,3)4)18-14(19)12-6-5-7-13-11(12)8-9-17-13/h5-10,17H,1-4H3,(H,18,19)/t10-/m1/s1.